The Morgan fingerprint density at radius 1 is 1.05 bits per heavy atom. The Balaban J connectivity index is 1.51. The normalized spacial score (nSPS) is 14.5. The van der Waals surface area contributed by atoms with Crippen LogP contribution in [-0.2, 0) is 15.1 Å². The maximum atomic E-state index is 12.8. The molecule has 1 aromatic heterocycles. The smallest absolute Gasteiger partial charge is 0.422 e. The van der Waals surface area contributed by atoms with Crippen LogP contribution in [0.2, 0.25) is 5.02 Å². The first-order valence-electron chi connectivity index (χ1n) is 12.5. The number of alkyl halides is 3. The molecule has 15 heteroatoms. The van der Waals surface area contributed by atoms with Crippen LogP contribution in [0.4, 0.5) is 30.8 Å². The summed E-state index contributed by atoms with van der Waals surface area (Å²) in [7, 11) is 0. The maximum absolute atomic E-state index is 12.8. The zero-order valence-electron chi connectivity index (χ0n) is 21.8. The lowest BCUT2D eigenvalue weighted by atomic mass is 10.1. The van der Waals surface area contributed by atoms with Crippen molar-refractivity contribution < 1.29 is 32.2 Å². The molecule has 3 aromatic rings. The van der Waals surface area contributed by atoms with Crippen LogP contribution in [0.1, 0.15) is 35.7 Å². The number of aromatic nitrogens is 3. The Labute approximate surface area is 238 Å². The van der Waals surface area contributed by atoms with E-state index in [1.54, 1.807) is 19.1 Å². The minimum atomic E-state index is -4.60. The fraction of sp³-hybridized carbons (Fsp3) is 0.346. The standard InChI is InChI=1S/C26H27ClF3N7O4/c1-2-40-21(39)19(13-31)33-20(38)15-3-9-18(10-4-15)32-22-34-23(36-24(35-22)41-14-26(28,29)30)37-25(11-12-25)16-5-7-17(27)8-6-16/h3-10,19H,2,11-14,31H2,1H3,(H,33,38)(H2,32,34,35,36,37)/t19-/m0/s1. The molecule has 0 radical (unpaired) electrons. The predicted molar refractivity (Wildman–Crippen MR) is 144 cm³/mol. The predicted octanol–water partition coefficient (Wildman–Crippen LogP) is 3.93. The highest BCUT2D eigenvalue weighted by molar-refractivity contribution is 6.30. The van der Waals surface area contributed by atoms with Gasteiger partial charge in [0.15, 0.2) is 6.61 Å². The molecule has 0 spiro atoms. The van der Waals surface area contributed by atoms with Crippen molar-refractivity contribution in [1.82, 2.24) is 20.3 Å². The van der Waals surface area contributed by atoms with Crippen molar-refractivity contribution in [3.8, 4) is 6.01 Å². The molecule has 1 heterocycles. The Bertz CT molecular complexity index is 1370. The lowest BCUT2D eigenvalue weighted by Gasteiger charge is -2.19. The number of hydrogen-bond donors (Lipinski definition) is 4. The van der Waals surface area contributed by atoms with E-state index in [0.29, 0.717) is 10.7 Å². The second-order valence-electron chi connectivity index (χ2n) is 9.10. The number of benzene rings is 2. The number of nitrogens with two attached hydrogens (primary N) is 1. The van der Waals surface area contributed by atoms with Gasteiger partial charge >= 0.3 is 18.2 Å². The van der Waals surface area contributed by atoms with Gasteiger partial charge in [0, 0.05) is 22.8 Å². The second-order valence-corrected chi connectivity index (χ2v) is 9.54. The minimum Gasteiger partial charge on any atom is -0.464 e. The van der Waals surface area contributed by atoms with Crippen LogP contribution in [0.3, 0.4) is 0 Å². The van der Waals surface area contributed by atoms with E-state index < -0.39 is 42.3 Å². The number of halogens is 4. The van der Waals surface area contributed by atoms with Crippen molar-refractivity contribution in [3.05, 3.63) is 64.7 Å². The third-order valence-electron chi connectivity index (χ3n) is 5.99. The summed E-state index contributed by atoms with van der Waals surface area (Å²) in [5, 5.41) is 9.15. The average Bonchev–Trinajstić information content (AvgIpc) is 3.71. The Morgan fingerprint density at radius 3 is 2.29 bits per heavy atom. The van der Waals surface area contributed by atoms with Gasteiger partial charge in [-0.3, -0.25) is 4.79 Å². The highest BCUT2D eigenvalue weighted by atomic mass is 35.5. The quantitative estimate of drug-likeness (QED) is 0.227. The molecule has 1 aliphatic rings. The topological polar surface area (TPSA) is 153 Å². The molecule has 2 aromatic carbocycles. The monoisotopic (exact) mass is 593 g/mol. The van der Waals surface area contributed by atoms with E-state index in [-0.39, 0.29) is 30.6 Å². The summed E-state index contributed by atoms with van der Waals surface area (Å²) in [4.78, 5) is 36.8. The number of ether oxygens (including phenoxy) is 2. The van der Waals surface area contributed by atoms with Crippen LogP contribution < -0.4 is 26.4 Å². The van der Waals surface area contributed by atoms with E-state index in [0.717, 1.165) is 18.4 Å². The van der Waals surface area contributed by atoms with Gasteiger partial charge in [-0.05, 0) is 61.7 Å². The molecule has 5 N–H and O–H groups in total. The molecular formula is C26H27ClF3N7O4. The SMILES string of the molecule is CCOC(=O)[C@H](CN)NC(=O)c1ccc(Nc2nc(NC3(c4ccc(Cl)cc4)CC3)nc(OCC(F)(F)F)n2)cc1. The van der Waals surface area contributed by atoms with Crippen LogP contribution in [0, 0.1) is 0 Å². The first-order valence-corrected chi connectivity index (χ1v) is 12.9. The molecule has 0 aliphatic heterocycles. The van der Waals surface area contributed by atoms with Crippen LogP contribution in [0.25, 0.3) is 0 Å². The number of carbonyl (C=O) groups excluding carboxylic acids is 2. The molecule has 41 heavy (non-hydrogen) atoms. The van der Waals surface area contributed by atoms with Gasteiger partial charge in [0.25, 0.3) is 5.91 Å². The third kappa shape index (κ3) is 8.17. The van der Waals surface area contributed by atoms with E-state index >= 15 is 0 Å². The van der Waals surface area contributed by atoms with Crippen molar-refractivity contribution in [2.45, 2.75) is 37.5 Å². The molecule has 1 saturated carbocycles. The van der Waals surface area contributed by atoms with E-state index in [2.05, 4.69) is 30.9 Å². The average molecular weight is 594 g/mol. The number of hydrogen-bond acceptors (Lipinski definition) is 10. The van der Waals surface area contributed by atoms with Crippen molar-refractivity contribution in [1.29, 1.82) is 0 Å². The number of nitrogens with one attached hydrogen (secondary N) is 3. The van der Waals surface area contributed by atoms with E-state index in [4.69, 9.17) is 26.8 Å². The van der Waals surface area contributed by atoms with E-state index in [1.165, 1.54) is 24.3 Å². The van der Waals surface area contributed by atoms with Gasteiger partial charge in [-0.15, -0.1) is 0 Å². The molecule has 11 nitrogen and oxygen atoms in total. The van der Waals surface area contributed by atoms with Crippen molar-refractivity contribution >= 4 is 41.1 Å². The van der Waals surface area contributed by atoms with Crippen molar-refractivity contribution in [2.24, 2.45) is 5.73 Å². The van der Waals surface area contributed by atoms with Gasteiger partial charge in [-0.1, -0.05) is 23.7 Å². The highest BCUT2D eigenvalue weighted by Crippen LogP contribution is 2.48. The second kappa shape index (κ2) is 12.6. The minimum absolute atomic E-state index is 0.00918. The van der Waals surface area contributed by atoms with Gasteiger partial charge in [-0.2, -0.15) is 28.1 Å². The molecule has 1 fully saturated rings. The molecule has 4 rings (SSSR count). The third-order valence-corrected chi connectivity index (χ3v) is 6.25. The number of nitrogens with zero attached hydrogens (tertiary/aromatic N) is 3. The number of carbonyl (C=O) groups is 2. The summed E-state index contributed by atoms with van der Waals surface area (Å²) in [6.07, 6.45) is -3.11. The molecule has 0 saturated heterocycles. The first kappa shape index (κ1) is 29.8. The molecule has 1 amide bonds. The Morgan fingerprint density at radius 2 is 1.71 bits per heavy atom. The number of rotatable bonds is 12. The lowest BCUT2D eigenvalue weighted by Crippen LogP contribution is -2.46. The summed E-state index contributed by atoms with van der Waals surface area (Å²) >= 11 is 6.00. The van der Waals surface area contributed by atoms with Gasteiger partial charge in [0.1, 0.15) is 6.04 Å². The van der Waals surface area contributed by atoms with Crippen molar-refractivity contribution in [2.75, 3.05) is 30.4 Å². The van der Waals surface area contributed by atoms with Crippen molar-refractivity contribution in [3.63, 3.8) is 0 Å². The molecular weight excluding hydrogens is 567 g/mol. The number of anilines is 3. The molecule has 218 valence electrons. The fourth-order valence-corrected chi connectivity index (χ4v) is 3.93. The van der Waals surface area contributed by atoms with Gasteiger partial charge < -0.3 is 31.2 Å². The first-order chi connectivity index (χ1) is 19.5. The van der Waals surface area contributed by atoms with Crippen LogP contribution in [-0.4, -0.2) is 58.8 Å². The summed E-state index contributed by atoms with van der Waals surface area (Å²) in [5.41, 5.74) is 6.62. The van der Waals surface area contributed by atoms with E-state index in [9.17, 15) is 22.8 Å². The number of amides is 1. The summed E-state index contributed by atoms with van der Waals surface area (Å²) in [6.45, 7) is 0.0557. The molecule has 1 aliphatic carbocycles. The zero-order chi connectivity index (χ0) is 29.6. The van der Waals surface area contributed by atoms with Gasteiger partial charge in [-0.25, -0.2) is 4.79 Å². The zero-order valence-corrected chi connectivity index (χ0v) is 22.6. The van der Waals surface area contributed by atoms with Crippen LogP contribution in [0.5, 0.6) is 6.01 Å². The maximum Gasteiger partial charge on any atom is 0.422 e. The molecule has 0 bridgehead atoms. The summed E-state index contributed by atoms with van der Waals surface area (Å²) in [6, 6.07) is 11.6. The van der Waals surface area contributed by atoms with Crippen LogP contribution >= 0.6 is 11.6 Å². The van der Waals surface area contributed by atoms with Gasteiger partial charge in [0.05, 0.1) is 12.1 Å². The molecule has 1 atom stereocenters. The highest BCUT2D eigenvalue weighted by Gasteiger charge is 2.45. The fourth-order valence-electron chi connectivity index (χ4n) is 3.81. The Hall–Kier alpha value is -4.17. The Kier molecular flexibility index (Phi) is 9.13. The van der Waals surface area contributed by atoms with Crippen LogP contribution in [0.15, 0.2) is 48.5 Å². The lowest BCUT2D eigenvalue weighted by molar-refractivity contribution is -0.154. The number of esters is 1. The largest absolute Gasteiger partial charge is 0.464 e. The summed E-state index contributed by atoms with van der Waals surface area (Å²) < 4.78 is 48.1. The van der Waals surface area contributed by atoms with E-state index in [1.807, 2.05) is 12.1 Å². The summed E-state index contributed by atoms with van der Waals surface area (Å²) in [5.74, 6) is -1.27. The molecule has 0 unspecified atom stereocenters. The van der Waals surface area contributed by atoms with Gasteiger partial charge in [0.2, 0.25) is 11.9 Å².